The molecule has 0 amide bonds. The molecule has 19 heavy (non-hydrogen) atoms. The van der Waals surface area contributed by atoms with Gasteiger partial charge >= 0.3 is 0 Å². The molecule has 1 aliphatic heterocycles. The van der Waals surface area contributed by atoms with Crippen molar-refractivity contribution in [2.75, 3.05) is 33.3 Å². The van der Waals surface area contributed by atoms with Gasteiger partial charge in [-0.1, -0.05) is 12.1 Å². The van der Waals surface area contributed by atoms with Gasteiger partial charge in [-0.2, -0.15) is 0 Å². The van der Waals surface area contributed by atoms with E-state index in [1.807, 2.05) is 18.2 Å². The van der Waals surface area contributed by atoms with Gasteiger partial charge in [0.25, 0.3) is 0 Å². The molecule has 0 bridgehead atoms. The molecule has 0 aromatic heterocycles. The minimum absolute atomic E-state index is 0.0694. The summed E-state index contributed by atoms with van der Waals surface area (Å²) in [7, 11) is 1.69. The first-order chi connectivity index (χ1) is 9.20. The Labute approximate surface area is 115 Å². The van der Waals surface area contributed by atoms with E-state index in [0.29, 0.717) is 6.04 Å². The second-order valence-corrected chi connectivity index (χ2v) is 5.25. The molecule has 4 nitrogen and oxygen atoms in total. The van der Waals surface area contributed by atoms with Crippen molar-refractivity contribution in [2.45, 2.75) is 25.4 Å². The summed E-state index contributed by atoms with van der Waals surface area (Å²) in [6.07, 6.45) is 0.979. The van der Waals surface area contributed by atoms with Crippen molar-refractivity contribution in [2.24, 2.45) is 5.73 Å². The van der Waals surface area contributed by atoms with Gasteiger partial charge in [0, 0.05) is 38.3 Å². The quantitative estimate of drug-likeness (QED) is 0.842. The highest BCUT2D eigenvalue weighted by Gasteiger charge is 2.19. The number of methoxy groups -OCH3 is 1. The van der Waals surface area contributed by atoms with Crippen LogP contribution < -0.4 is 15.8 Å². The van der Waals surface area contributed by atoms with Gasteiger partial charge in [-0.25, -0.2) is 0 Å². The van der Waals surface area contributed by atoms with Crippen molar-refractivity contribution in [3.63, 3.8) is 0 Å². The number of piperazine rings is 1. The average molecular weight is 263 g/mol. The second-order valence-electron chi connectivity index (χ2n) is 5.25. The number of hydrogen-bond donors (Lipinski definition) is 2. The van der Waals surface area contributed by atoms with E-state index in [1.54, 1.807) is 7.11 Å². The standard InChI is InChI=1S/C15H25N3O/c1-12(18-8-6-17-7-9-18)10-15(16)13-4-3-5-14(11-13)19-2/h3-5,11-12,15,17H,6-10,16H2,1-2H3. The maximum absolute atomic E-state index is 6.33. The lowest BCUT2D eigenvalue weighted by molar-refractivity contribution is 0.170. The molecule has 4 heteroatoms. The van der Waals surface area contributed by atoms with Gasteiger partial charge in [-0.3, -0.25) is 4.90 Å². The topological polar surface area (TPSA) is 50.5 Å². The third kappa shape index (κ3) is 3.93. The molecule has 1 aliphatic rings. The van der Waals surface area contributed by atoms with Crippen molar-refractivity contribution in [3.05, 3.63) is 29.8 Å². The Hall–Kier alpha value is -1.10. The van der Waals surface area contributed by atoms with Crippen LogP contribution in [0.4, 0.5) is 0 Å². The molecular weight excluding hydrogens is 238 g/mol. The summed E-state index contributed by atoms with van der Waals surface area (Å²) in [5.74, 6) is 0.878. The zero-order chi connectivity index (χ0) is 13.7. The highest BCUT2D eigenvalue weighted by atomic mass is 16.5. The van der Waals surface area contributed by atoms with E-state index < -0.39 is 0 Å². The van der Waals surface area contributed by atoms with Crippen molar-refractivity contribution in [1.82, 2.24) is 10.2 Å². The predicted molar refractivity (Wildman–Crippen MR) is 78.4 cm³/mol. The normalized spacial score (nSPS) is 19.9. The number of benzene rings is 1. The van der Waals surface area contributed by atoms with Gasteiger partial charge in [0.15, 0.2) is 0 Å². The van der Waals surface area contributed by atoms with Crippen LogP contribution in [0, 0.1) is 0 Å². The van der Waals surface area contributed by atoms with Crippen LogP contribution in [0.25, 0.3) is 0 Å². The minimum atomic E-state index is 0.0694. The number of nitrogens with two attached hydrogens (primary N) is 1. The zero-order valence-electron chi connectivity index (χ0n) is 11.9. The Balaban J connectivity index is 1.93. The Kier molecular flexibility index (Phi) is 5.19. The first-order valence-electron chi connectivity index (χ1n) is 7.05. The first-order valence-corrected chi connectivity index (χ1v) is 7.05. The minimum Gasteiger partial charge on any atom is -0.497 e. The molecule has 1 saturated heterocycles. The fraction of sp³-hybridized carbons (Fsp3) is 0.600. The van der Waals surface area contributed by atoms with Crippen molar-refractivity contribution in [3.8, 4) is 5.75 Å². The predicted octanol–water partition coefficient (Wildman–Crippen LogP) is 1.38. The van der Waals surface area contributed by atoms with E-state index in [2.05, 4.69) is 23.2 Å². The van der Waals surface area contributed by atoms with Crippen LogP contribution in [-0.2, 0) is 0 Å². The molecule has 0 radical (unpaired) electrons. The summed E-state index contributed by atoms with van der Waals surface area (Å²) in [6, 6.07) is 8.66. The van der Waals surface area contributed by atoms with E-state index in [1.165, 1.54) is 0 Å². The summed E-state index contributed by atoms with van der Waals surface area (Å²) < 4.78 is 5.25. The zero-order valence-corrected chi connectivity index (χ0v) is 11.9. The molecule has 1 heterocycles. The molecule has 1 aromatic carbocycles. The van der Waals surface area contributed by atoms with E-state index in [-0.39, 0.29) is 6.04 Å². The smallest absolute Gasteiger partial charge is 0.119 e. The van der Waals surface area contributed by atoms with Crippen LogP contribution in [0.15, 0.2) is 24.3 Å². The third-order valence-electron chi connectivity index (χ3n) is 3.89. The van der Waals surface area contributed by atoms with Gasteiger partial charge in [-0.05, 0) is 31.0 Å². The van der Waals surface area contributed by atoms with Crippen LogP contribution >= 0.6 is 0 Å². The Morgan fingerprint density at radius 3 is 2.79 bits per heavy atom. The van der Waals surface area contributed by atoms with Crippen LogP contribution in [0.5, 0.6) is 5.75 Å². The van der Waals surface area contributed by atoms with Gasteiger partial charge in [0.2, 0.25) is 0 Å². The number of hydrogen-bond acceptors (Lipinski definition) is 4. The monoisotopic (exact) mass is 263 g/mol. The molecule has 2 unspecified atom stereocenters. The molecule has 0 aliphatic carbocycles. The van der Waals surface area contributed by atoms with E-state index >= 15 is 0 Å². The largest absolute Gasteiger partial charge is 0.497 e. The lowest BCUT2D eigenvalue weighted by atomic mass is 9.99. The summed E-state index contributed by atoms with van der Waals surface area (Å²) >= 11 is 0. The molecule has 106 valence electrons. The van der Waals surface area contributed by atoms with Crippen molar-refractivity contribution < 1.29 is 4.74 Å². The second kappa shape index (κ2) is 6.89. The molecular formula is C15H25N3O. The van der Waals surface area contributed by atoms with Crippen LogP contribution in [0.1, 0.15) is 24.9 Å². The Bertz CT molecular complexity index is 391. The summed E-state index contributed by atoms with van der Waals surface area (Å²) in [4.78, 5) is 2.51. The lowest BCUT2D eigenvalue weighted by Crippen LogP contribution is -2.48. The van der Waals surface area contributed by atoms with Crippen LogP contribution in [0.3, 0.4) is 0 Å². The van der Waals surface area contributed by atoms with Crippen LogP contribution in [0.2, 0.25) is 0 Å². The average Bonchev–Trinajstić information content (AvgIpc) is 2.48. The van der Waals surface area contributed by atoms with Gasteiger partial charge in [-0.15, -0.1) is 0 Å². The lowest BCUT2D eigenvalue weighted by Gasteiger charge is -2.34. The molecule has 0 spiro atoms. The fourth-order valence-electron chi connectivity index (χ4n) is 2.65. The maximum Gasteiger partial charge on any atom is 0.119 e. The molecule has 2 atom stereocenters. The fourth-order valence-corrected chi connectivity index (χ4v) is 2.65. The number of rotatable bonds is 5. The molecule has 1 fully saturated rings. The Morgan fingerprint density at radius 2 is 2.11 bits per heavy atom. The third-order valence-corrected chi connectivity index (χ3v) is 3.89. The number of nitrogens with zero attached hydrogens (tertiary/aromatic N) is 1. The number of nitrogens with one attached hydrogen (secondary N) is 1. The molecule has 1 aromatic rings. The van der Waals surface area contributed by atoms with Gasteiger partial charge < -0.3 is 15.8 Å². The summed E-state index contributed by atoms with van der Waals surface area (Å²) in [6.45, 7) is 6.67. The maximum atomic E-state index is 6.33. The van der Waals surface area contributed by atoms with E-state index in [4.69, 9.17) is 10.5 Å². The Morgan fingerprint density at radius 1 is 1.37 bits per heavy atom. The number of ether oxygens (including phenoxy) is 1. The van der Waals surface area contributed by atoms with Gasteiger partial charge in [0.05, 0.1) is 7.11 Å². The summed E-state index contributed by atoms with van der Waals surface area (Å²) in [5, 5.41) is 3.38. The van der Waals surface area contributed by atoms with E-state index in [9.17, 15) is 0 Å². The first kappa shape index (κ1) is 14.3. The molecule has 3 N–H and O–H groups in total. The van der Waals surface area contributed by atoms with Crippen molar-refractivity contribution >= 4 is 0 Å². The highest BCUT2D eigenvalue weighted by molar-refractivity contribution is 5.30. The highest BCUT2D eigenvalue weighted by Crippen LogP contribution is 2.22. The van der Waals surface area contributed by atoms with Gasteiger partial charge in [0.1, 0.15) is 5.75 Å². The van der Waals surface area contributed by atoms with E-state index in [0.717, 1.165) is 43.9 Å². The SMILES string of the molecule is COc1cccc(C(N)CC(C)N2CCNCC2)c1. The summed E-state index contributed by atoms with van der Waals surface area (Å²) in [5.41, 5.74) is 7.48. The van der Waals surface area contributed by atoms with Crippen molar-refractivity contribution in [1.29, 1.82) is 0 Å². The molecule has 0 saturated carbocycles. The molecule has 2 rings (SSSR count). The van der Waals surface area contributed by atoms with Crippen LogP contribution in [-0.4, -0.2) is 44.2 Å².